The molecule has 0 heterocycles. The summed E-state index contributed by atoms with van der Waals surface area (Å²) < 4.78 is 0. The Morgan fingerprint density at radius 2 is 1.80 bits per heavy atom. The molecule has 0 bridgehead atoms. The number of rotatable bonds is 5. The summed E-state index contributed by atoms with van der Waals surface area (Å²) in [4.78, 5) is 30.4. The molecule has 8 heteroatoms. The Bertz CT molecular complexity index is 297. The molecule has 84 valence electrons. The molecule has 0 amide bonds. The third-order valence-electron chi connectivity index (χ3n) is 2.62. The van der Waals surface area contributed by atoms with Gasteiger partial charge in [-0.05, 0) is 0 Å². The fourth-order valence-corrected chi connectivity index (χ4v) is 1.81. The number of carbonyl (C=O) groups is 1. The molecule has 1 saturated carbocycles. The fourth-order valence-electron chi connectivity index (χ4n) is 1.62. The molecular weight excluding hydrogens is 228 g/mol. The van der Waals surface area contributed by atoms with E-state index in [-0.39, 0.29) is 30.9 Å². The average Bonchev–Trinajstić information content (AvgIpc) is 2.00. The standard InChI is InChI=1S/C7H9ClN2O5/c8-2-1-6(11)5-3-7(4-5,9(12)13)10(14)15/h5H,1-4H2. The largest absolute Gasteiger partial charge is 0.459 e. The molecule has 0 radical (unpaired) electrons. The number of ketones is 1. The van der Waals surface area contributed by atoms with Crippen LogP contribution < -0.4 is 0 Å². The first-order valence-corrected chi connectivity index (χ1v) is 4.85. The van der Waals surface area contributed by atoms with Crippen molar-refractivity contribution in [3.63, 3.8) is 0 Å². The van der Waals surface area contributed by atoms with Gasteiger partial charge in [-0.15, -0.1) is 11.6 Å². The first-order valence-electron chi connectivity index (χ1n) is 4.31. The molecule has 0 spiro atoms. The number of alkyl halides is 1. The Balaban J connectivity index is 2.63. The van der Waals surface area contributed by atoms with Crippen LogP contribution in [0.1, 0.15) is 19.3 Å². The summed E-state index contributed by atoms with van der Waals surface area (Å²) in [6, 6.07) is 0. The van der Waals surface area contributed by atoms with Crippen molar-refractivity contribution in [1.29, 1.82) is 0 Å². The van der Waals surface area contributed by atoms with Gasteiger partial charge in [-0.25, -0.2) is 0 Å². The molecule has 0 atom stereocenters. The minimum absolute atomic E-state index is 0.109. The Labute approximate surface area is 89.7 Å². The predicted molar refractivity (Wildman–Crippen MR) is 49.8 cm³/mol. The molecule has 0 aromatic carbocycles. The molecule has 0 aromatic rings. The second-order valence-electron chi connectivity index (χ2n) is 3.51. The van der Waals surface area contributed by atoms with Crippen LogP contribution in [0.5, 0.6) is 0 Å². The second-order valence-corrected chi connectivity index (χ2v) is 3.89. The van der Waals surface area contributed by atoms with E-state index in [1.54, 1.807) is 0 Å². The third kappa shape index (κ3) is 1.92. The number of nitrogens with zero attached hydrogens (tertiary/aromatic N) is 2. The monoisotopic (exact) mass is 236 g/mol. The van der Waals surface area contributed by atoms with Gasteiger partial charge in [-0.3, -0.25) is 25.0 Å². The van der Waals surface area contributed by atoms with Crippen molar-refractivity contribution in [2.24, 2.45) is 5.92 Å². The van der Waals surface area contributed by atoms with E-state index < -0.39 is 21.4 Å². The van der Waals surface area contributed by atoms with Gasteiger partial charge in [0.2, 0.25) is 0 Å². The molecule has 7 nitrogen and oxygen atoms in total. The molecule has 1 aliphatic carbocycles. The zero-order valence-corrected chi connectivity index (χ0v) is 8.48. The van der Waals surface area contributed by atoms with Gasteiger partial charge >= 0.3 is 5.66 Å². The average molecular weight is 237 g/mol. The lowest BCUT2D eigenvalue weighted by Gasteiger charge is -2.31. The van der Waals surface area contributed by atoms with Crippen LogP contribution in [0, 0.1) is 26.1 Å². The van der Waals surface area contributed by atoms with Gasteiger partial charge in [0.15, 0.2) is 0 Å². The summed E-state index contributed by atoms with van der Waals surface area (Å²) >= 11 is 5.33. The van der Waals surface area contributed by atoms with E-state index in [0.29, 0.717) is 0 Å². The van der Waals surface area contributed by atoms with Crippen LogP contribution in [0.25, 0.3) is 0 Å². The lowest BCUT2D eigenvalue weighted by molar-refractivity contribution is -0.813. The van der Waals surface area contributed by atoms with Crippen molar-refractivity contribution < 1.29 is 14.6 Å². The van der Waals surface area contributed by atoms with E-state index in [4.69, 9.17) is 11.6 Å². The van der Waals surface area contributed by atoms with Crippen LogP contribution in [-0.2, 0) is 4.79 Å². The second kappa shape index (κ2) is 4.09. The van der Waals surface area contributed by atoms with E-state index in [1.807, 2.05) is 0 Å². The Morgan fingerprint density at radius 3 is 2.13 bits per heavy atom. The van der Waals surface area contributed by atoms with Crippen LogP contribution in [0.15, 0.2) is 0 Å². The summed E-state index contributed by atoms with van der Waals surface area (Å²) in [7, 11) is 0. The highest BCUT2D eigenvalue weighted by molar-refractivity contribution is 6.19. The zero-order valence-electron chi connectivity index (χ0n) is 7.72. The summed E-state index contributed by atoms with van der Waals surface area (Å²) in [5, 5.41) is 21.0. The van der Waals surface area contributed by atoms with Gasteiger partial charge in [0.25, 0.3) is 0 Å². The number of halogens is 1. The molecule has 0 saturated heterocycles. The highest BCUT2D eigenvalue weighted by Gasteiger charge is 2.67. The normalized spacial score (nSPS) is 19.3. The lowest BCUT2D eigenvalue weighted by atomic mass is 9.72. The topological polar surface area (TPSA) is 103 Å². The van der Waals surface area contributed by atoms with Crippen molar-refractivity contribution in [3.8, 4) is 0 Å². The maximum absolute atomic E-state index is 11.2. The minimum Gasteiger partial charge on any atom is -0.299 e. The van der Waals surface area contributed by atoms with Crippen molar-refractivity contribution >= 4 is 17.4 Å². The van der Waals surface area contributed by atoms with Crippen molar-refractivity contribution in [2.45, 2.75) is 24.9 Å². The Kier molecular flexibility index (Phi) is 3.23. The molecule has 0 aromatic heterocycles. The highest BCUT2D eigenvalue weighted by Crippen LogP contribution is 2.41. The molecule has 1 fully saturated rings. The van der Waals surface area contributed by atoms with Crippen LogP contribution >= 0.6 is 11.6 Å². The number of hydrogen-bond donors (Lipinski definition) is 0. The summed E-state index contributed by atoms with van der Waals surface area (Å²) in [5.74, 6) is -0.678. The molecule has 0 aliphatic heterocycles. The lowest BCUT2D eigenvalue weighted by Crippen LogP contribution is -2.58. The maximum atomic E-state index is 11.2. The number of nitro groups is 2. The van der Waals surface area contributed by atoms with E-state index in [1.165, 1.54) is 0 Å². The fraction of sp³-hybridized carbons (Fsp3) is 0.857. The van der Waals surface area contributed by atoms with Crippen molar-refractivity contribution in [3.05, 3.63) is 20.2 Å². The highest BCUT2D eigenvalue weighted by atomic mass is 35.5. The molecule has 1 aliphatic rings. The predicted octanol–water partition coefficient (Wildman–Crippen LogP) is 0.844. The smallest absolute Gasteiger partial charge is 0.299 e. The van der Waals surface area contributed by atoms with Crippen molar-refractivity contribution in [2.75, 3.05) is 5.88 Å². The number of hydrogen-bond acceptors (Lipinski definition) is 5. The first kappa shape index (κ1) is 11.8. The Morgan fingerprint density at radius 1 is 1.33 bits per heavy atom. The van der Waals surface area contributed by atoms with Gasteiger partial charge in [0.1, 0.15) is 5.78 Å². The summed E-state index contributed by atoms with van der Waals surface area (Å²) in [6.07, 6.45) is -0.525. The summed E-state index contributed by atoms with van der Waals surface area (Å²) in [5.41, 5.74) is -2.15. The minimum atomic E-state index is -2.15. The zero-order chi connectivity index (χ0) is 11.6. The van der Waals surface area contributed by atoms with E-state index in [0.717, 1.165) is 0 Å². The van der Waals surface area contributed by atoms with Gasteiger partial charge < -0.3 is 0 Å². The number of carbonyl (C=O) groups excluding carboxylic acids is 1. The SMILES string of the molecule is O=C(CCCl)C1CC([N+](=O)[O-])([N+](=O)[O-])C1. The van der Waals surface area contributed by atoms with Crippen LogP contribution in [0.3, 0.4) is 0 Å². The van der Waals surface area contributed by atoms with Gasteiger partial charge in [-0.2, -0.15) is 0 Å². The molecule has 1 rings (SSSR count). The van der Waals surface area contributed by atoms with Gasteiger partial charge in [0, 0.05) is 18.2 Å². The van der Waals surface area contributed by atoms with E-state index >= 15 is 0 Å². The van der Waals surface area contributed by atoms with E-state index in [9.17, 15) is 25.0 Å². The molecule has 0 unspecified atom stereocenters. The van der Waals surface area contributed by atoms with Crippen LogP contribution in [0.2, 0.25) is 0 Å². The van der Waals surface area contributed by atoms with Gasteiger partial charge in [-0.1, -0.05) is 0 Å². The summed E-state index contributed by atoms with van der Waals surface area (Å²) in [6.45, 7) is 0. The first-order chi connectivity index (χ1) is 6.94. The van der Waals surface area contributed by atoms with Gasteiger partial charge in [0.05, 0.1) is 22.7 Å². The molecule has 15 heavy (non-hydrogen) atoms. The number of Topliss-reactive ketones (excluding diaryl/α,β-unsaturated/α-hetero) is 1. The van der Waals surface area contributed by atoms with Crippen molar-refractivity contribution in [1.82, 2.24) is 0 Å². The quantitative estimate of drug-likeness (QED) is 0.305. The molecular formula is C7H9ClN2O5. The maximum Gasteiger partial charge on any atom is 0.459 e. The Hall–Kier alpha value is -1.24. The third-order valence-corrected chi connectivity index (χ3v) is 2.81. The van der Waals surface area contributed by atoms with E-state index in [2.05, 4.69) is 0 Å². The molecule has 0 N–H and O–H groups in total. The van der Waals surface area contributed by atoms with Crippen LogP contribution in [0.4, 0.5) is 0 Å². The van der Waals surface area contributed by atoms with Crippen LogP contribution in [-0.4, -0.2) is 27.2 Å².